The Morgan fingerprint density at radius 2 is 1.72 bits per heavy atom. The Morgan fingerprint density at radius 3 is 2.45 bits per heavy atom. The van der Waals surface area contributed by atoms with Gasteiger partial charge in [0.2, 0.25) is 5.52 Å². The van der Waals surface area contributed by atoms with Crippen molar-refractivity contribution < 1.29 is 66.8 Å². The second kappa shape index (κ2) is 14.4. The van der Waals surface area contributed by atoms with Gasteiger partial charge in [0.25, 0.3) is 5.56 Å². The van der Waals surface area contributed by atoms with Crippen LogP contribution in [0.1, 0.15) is 17.4 Å². The number of aliphatic hydroxyl groups excluding tert-OH is 4. The predicted octanol–water partition coefficient (Wildman–Crippen LogP) is -2.75. The van der Waals surface area contributed by atoms with Crippen LogP contribution in [0.2, 0.25) is 0 Å². The van der Waals surface area contributed by atoms with Gasteiger partial charge in [0.15, 0.2) is 35.1 Å². The number of nitrogens with two attached hydrogens (primary N) is 1. The number of benzene rings is 1. The smallest absolute Gasteiger partial charge is 0.387 e. The molecule has 26 heteroatoms. The van der Waals surface area contributed by atoms with Crippen molar-refractivity contribution in [2.75, 3.05) is 18.9 Å². The largest absolute Gasteiger partial charge is 0.481 e. The van der Waals surface area contributed by atoms with Crippen LogP contribution in [0.5, 0.6) is 0 Å². The van der Waals surface area contributed by atoms with Gasteiger partial charge in [-0.05, 0) is 37.1 Å². The Hall–Kier alpha value is -4.42. The van der Waals surface area contributed by atoms with Crippen LogP contribution in [0.4, 0.5) is 5.82 Å². The fourth-order valence-electron chi connectivity index (χ4n) is 5.52. The van der Waals surface area contributed by atoms with Crippen molar-refractivity contribution in [1.82, 2.24) is 34.5 Å². The van der Waals surface area contributed by atoms with Crippen molar-refractivity contribution >= 4 is 60.6 Å². The number of aromatic amines is 2. The number of ether oxygens (including phenoxy) is 1. The van der Waals surface area contributed by atoms with Crippen molar-refractivity contribution in [3.63, 3.8) is 0 Å². The van der Waals surface area contributed by atoms with Crippen LogP contribution in [0, 0.1) is 13.8 Å². The molecule has 4 aromatic heterocycles. The molecule has 0 amide bonds. The number of aromatic nitrogens is 8. The van der Waals surface area contributed by atoms with Crippen molar-refractivity contribution in [2.45, 2.75) is 57.1 Å². The van der Waals surface area contributed by atoms with Crippen LogP contribution in [-0.2, 0) is 38.6 Å². The maximum atomic E-state index is 12.9. The van der Waals surface area contributed by atoms with Gasteiger partial charge >= 0.3 is 27.0 Å². The number of hydrogen-bond acceptors (Lipinski definition) is 18. The summed E-state index contributed by atoms with van der Waals surface area (Å²) in [5.41, 5.74) is 6.04. The third kappa shape index (κ3) is 7.80. The van der Waals surface area contributed by atoms with Gasteiger partial charge in [0, 0.05) is 0 Å². The summed E-state index contributed by atoms with van der Waals surface area (Å²) in [7, 11) is -11.1. The number of Topliss-reactive ketones (excluding diaryl/α,β-unsaturated/α-hetero) is 1. The summed E-state index contributed by atoms with van der Waals surface area (Å²) >= 11 is 0. The van der Waals surface area contributed by atoms with Gasteiger partial charge in [0.05, 0.1) is 19.5 Å². The number of fused-ring (bicyclic) bond motifs is 3. The molecule has 0 spiro atoms. The van der Waals surface area contributed by atoms with Crippen molar-refractivity contribution in [3.8, 4) is 0 Å². The Labute approximate surface area is 294 Å². The van der Waals surface area contributed by atoms with Gasteiger partial charge in [-0.25, -0.2) is 38.4 Å². The molecule has 1 fully saturated rings. The highest BCUT2D eigenvalue weighted by Gasteiger charge is 2.46. The maximum absolute atomic E-state index is 12.9. The van der Waals surface area contributed by atoms with Gasteiger partial charge in [-0.3, -0.25) is 28.2 Å². The summed E-state index contributed by atoms with van der Waals surface area (Å²) in [5, 5.41) is 42.2. The number of nitrogens with zero attached hydrogens (tertiary/aromatic N) is 6. The SMILES string of the molecule is Cc1cc2nc3c(=O)[nH]c(=O)[nH]c3[n+](C[C@H](O)C(=O)[C@H](O)COP(=O)(O)OP(=O)(O)OC[C@H]3O[C@@H](n4cnc5c(N)ncnc54)[C@H](O)[C@@H]3O)c2cc1C. The minimum Gasteiger partial charge on any atom is -0.387 e. The van der Waals surface area contributed by atoms with Crippen LogP contribution >= 0.6 is 15.6 Å². The van der Waals surface area contributed by atoms with E-state index in [1.54, 1.807) is 26.0 Å². The highest BCUT2D eigenvalue weighted by Crippen LogP contribution is 2.60. The van der Waals surface area contributed by atoms with E-state index in [0.717, 1.165) is 17.5 Å². The highest BCUT2D eigenvalue weighted by molar-refractivity contribution is 7.61. The minimum atomic E-state index is -5.58. The topological polar surface area (TPSA) is 362 Å². The van der Waals surface area contributed by atoms with Gasteiger partial charge in [0.1, 0.15) is 48.3 Å². The molecule has 1 saturated heterocycles. The molecule has 2 unspecified atom stereocenters. The first kappa shape index (κ1) is 38.3. The minimum absolute atomic E-state index is 0.0257. The predicted molar refractivity (Wildman–Crippen MR) is 175 cm³/mol. The number of aliphatic hydroxyl groups is 4. The summed E-state index contributed by atoms with van der Waals surface area (Å²) in [6, 6.07) is 3.28. The molecule has 0 saturated carbocycles. The number of phosphoric ester groups is 2. The Morgan fingerprint density at radius 1 is 1.02 bits per heavy atom. The van der Waals surface area contributed by atoms with Gasteiger partial charge in [-0.1, -0.05) is 0 Å². The fourth-order valence-corrected chi connectivity index (χ4v) is 7.60. The van der Waals surface area contributed by atoms with Crippen molar-refractivity contribution in [2.24, 2.45) is 0 Å². The summed E-state index contributed by atoms with van der Waals surface area (Å²) in [5.74, 6) is -1.33. The number of hydrogen-bond donors (Lipinski definition) is 9. The van der Waals surface area contributed by atoms with E-state index in [0.29, 0.717) is 5.52 Å². The van der Waals surface area contributed by atoms with Gasteiger partial charge < -0.3 is 40.7 Å². The second-order valence-corrected chi connectivity index (χ2v) is 15.0. The molecular formula is C27H32N9O15P2+. The number of aryl methyl sites for hydroxylation is 2. The molecule has 53 heavy (non-hydrogen) atoms. The van der Waals surface area contributed by atoms with Crippen LogP contribution < -0.4 is 21.5 Å². The quantitative estimate of drug-likeness (QED) is 0.0332. The number of nitrogen functional groups attached to an aromatic ring is 1. The molecule has 8 atom stereocenters. The lowest BCUT2D eigenvalue weighted by molar-refractivity contribution is -0.653. The fraction of sp³-hybridized carbons (Fsp3) is 0.407. The molecule has 10 N–H and O–H groups in total. The van der Waals surface area contributed by atoms with Crippen LogP contribution in [0.25, 0.3) is 33.4 Å². The number of anilines is 1. The van der Waals surface area contributed by atoms with E-state index in [2.05, 4.69) is 38.3 Å². The lowest BCUT2D eigenvalue weighted by Gasteiger charge is -2.20. The molecule has 0 bridgehead atoms. The number of nitrogens with one attached hydrogen (secondary N) is 2. The molecule has 0 radical (unpaired) electrons. The molecular weight excluding hydrogens is 752 g/mol. The third-order valence-electron chi connectivity index (χ3n) is 8.30. The van der Waals surface area contributed by atoms with E-state index in [-0.39, 0.29) is 33.7 Å². The Kier molecular flexibility index (Phi) is 10.4. The number of carbonyl (C=O) groups excluding carboxylic acids is 1. The molecule has 6 rings (SSSR count). The lowest BCUT2D eigenvalue weighted by Crippen LogP contribution is -2.49. The molecule has 24 nitrogen and oxygen atoms in total. The number of phosphoric acid groups is 2. The molecule has 5 heterocycles. The first-order valence-corrected chi connectivity index (χ1v) is 18.3. The molecule has 0 aliphatic carbocycles. The number of imidazole rings is 1. The number of rotatable bonds is 13. The van der Waals surface area contributed by atoms with E-state index in [1.807, 2.05) is 4.98 Å². The van der Waals surface area contributed by atoms with Crippen molar-refractivity contribution in [1.29, 1.82) is 0 Å². The second-order valence-electron chi connectivity index (χ2n) is 11.9. The molecule has 1 aliphatic rings. The average Bonchev–Trinajstić information content (AvgIpc) is 3.63. The lowest BCUT2D eigenvalue weighted by atomic mass is 10.1. The van der Waals surface area contributed by atoms with Crippen molar-refractivity contribution in [3.05, 3.63) is 56.8 Å². The standard InChI is InChI=1S/C27H31N9O15P2/c1-10-3-12-13(4-11(10)2)35(24-18(32-12)25(42)34-27(43)33-24)5-14(37)19(39)15(38)6-48-52(44,45)51-53(46,47)49-7-16-20(40)21(41)26(50-16)36-9-31-17-22(28)29-8-30-23(17)36/h3-4,8-9,14-16,20-21,26,37-38,40-41H,5-7H2,1-2H3,(H5,28,29,30,34,42,43,44,45,46,47)/p+1/t14-,15+,16+,20+,21+,26+/m0/s1. The number of H-pyrrole nitrogens is 2. The summed E-state index contributed by atoms with van der Waals surface area (Å²) in [6.45, 7) is 0.610. The molecule has 284 valence electrons. The van der Waals surface area contributed by atoms with Gasteiger partial charge in [-0.15, -0.1) is 0 Å². The zero-order chi connectivity index (χ0) is 38.6. The maximum Gasteiger partial charge on any atom is 0.481 e. The number of ketones is 1. The zero-order valence-electron chi connectivity index (χ0n) is 27.4. The Balaban J connectivity index is 1.08. The van der Waals surface area contributed by atoms with E-state index >= 15 is 0 Å². The third-order valence-corrected chi connectivity index (χ3v) is 10.9. The molecule has 1 aromatic carbocycles. The highest BCUT2D eigenvalue weighted by atomic mass is 31.3. The zero-order valence-corrected chi connectivity index (χ0v) is 29.2. The normalized spacial score (nSPS) is 22.6. The summed E-state index contributed by atoms with van der Waals surface area (Å²) in [4.78, 5) is 78.2. The van der Waals surface area contributed by atoms with Crippen LogP contribution in [-0.4, -0.2) is 114 Å². The number of carbonyl (C=O) groups is 1. The monoisotopic (exact) mass is 784 g/mol. The first-order chi connectivity index (χ1) is 24.9. The molecule has 5 aromatic rings. The van der Waals surface area contributed by atoms with E-state index in [9.17, 15) is 53.7 Å². The average molecular weight is 785 g/mol. The van der Waals surface area contributed by atoms with E-state index in [4.69, 9.17) is 10.5 Å². The summed E-state index contributed by atoms with van der Waals surface area (Å²) < 4.78 is 46.4. The van der Waals surface area contributed by atoms with E-state index in [1.165, 1.54) is 15.5 Å². The van der Waals surface area contributed by atoms with Gasteiger partial charge in [-0.2, -0.15) is 9.29 Å². The summed E-state index contributed by atoms with van der Waals surface area (Å²) in [6.07, 6.45) is -8.21. The molecule has 1 aliphatic heterocycles. The first-order valence-electron chi connectivity index (χ1n) is 15.3. The van der Waals surface area contributed by atoms with Crippen LogP contribution in [0.3, 0.4) is 0 Å². The van der Waals surface area contributed by atoms with Crippen LogP contribution in [0.15, 0.2) is 34.4 Å². The van der Waals surface area contributed by atoms with E-state index < -0.39 is 89.2 Å². The Bertz CT molecular complexity index is 2460.